The highest BCUT2D eigenvalue weighted by Gasteiger charge is 2.80. The second-order valence-electron chi connectivity index (χ2n) is 39.2. The van der Waals surface area contributed by atoms with Crippen LogP contribution in [0.1, 0.15) is 200 Å². The summed E-state index contributed by atoms with van der Waals surface area (Å²) in [4.78, 5) is 120. The highest BCUT2D eigenvalue weighted by Crippen LogP contribution is 2.70. The van der Waals surface area contributed by atoms with Gasteiger partial charge in [-0.1, -0.05) is 84.5 Å². The van der Waals surface area contributed by atoms with Crippen molar-refractivity contribution in [3.05, 3.63) is 166 Å². The summed E-state index contributed by atoms with van der Waals surface area (Å²) in [6.07, 6.45) is -12.9. The summed E-state index contributed by atoms with van der Waals surface area (Å²) in [7, 11) is 1.65. The van der Waals surface area contributed by atoms with E-state index in [1.165, 1.54) is 44.4 Å². The van der Waals surface area contributed by atoms with Gasteiger partial charge in [0.1, 0.15) is 106 Å². The van der Waals surface area contributed by atoms with E-state index in [2.05, 4.69) is 32.1 Å². The van der Waals surface area contributed by atoms with Crippen molar-refractivity contribution in [3.63, 3.8) is 0 Å². The fourth-order valence-electron chi connectivity index (χ4n) is 22.2. The number of alkyl carbamates (subject to hydrolysis) is 2. The summed E-state index contributed by atoms with van der Waals surface area (Å²) in [5, 5.41) is 56.0. The largest absolute Gasteiger partial charge is 0.456 e. The maximum Gasteiger partial charge on any atom is 0.408 e. The van der Waals surface area contributed by atoms with Gasteiger partial charge in [0.25, 0.3) is 0 Å². The number of rotatable bonds is 21. The predicted octanol–water partition coefficient (Wildman–Crippen LogP) is 9.91. The molecule has 25 atom stereocenters. The third kappa shape index (κ3) is 17.0. The summed E-state index contributed by atoms with van der Waals surface area (Å²) in [5.41, 5.74) is -12.5. The van der Waals surface area contributed by atoms with E-state index < -0.39 is 249 Å². The molecule has 2 amide bonds. The van der Waals surface area contributed by atoms with Gasteiger partial charge < -0.3 is 102 Å². The molecule has 0 radical (unpaired) electrons. The minimum atomic E-state index is -2.25. The van der Waals surface area contributed by atoms with Crippen molar-refractivity contribution in [2.24, 2.45) is 33.5 Å². The second-order valence-corrected chi connectivity index (χ2v) is 39.2. The number of ether oxygens (including phenoxy) is 15. The fraction of sp³-hybridized carbons (Fsp3) is 0.617. The van der Waals surface area contributed by atoms with Crippen molar-refractivity contribution in [1.82, 2.24) is 25.5 Å². The number of carbonyl (C=O) groups excluding carboxylic acids is 8. The highest BCUT2D eigenvalue weighted by molar-refractivity contribution is 5.90. The predicted molar refractivity (Wildman–Crippen MR) is 447 cm³/mol. The number of aromatic nitrogens is 2. The first kappa shape index (κ1) is 94.8. The Bertz CT molecular complexity index is 4970. The van der Waals surface area contributed by atoms with Crippen molar-refractivity contribution >= 4 is 48.0 Å². The lowest BCUT2D eigenvalue weighted by Gasteiger charge is -2.68. The first-order valence-corrected chi connectivity index (χ1v) is 43.6. The van der Waals surface area contributed by atoms with Crippen molar-refractivity contribution in [2.75, 3.05) is 40.0 Å². The van der Waals surface area contributed by atoms with Crippen LogP contribution in [-0.2, 0) is 90.2 Å². The zero-order valence-corrected chi connectivity index (χ0v) is 75.3. The topological polar surface area (TPSA) is 409 Å². The summed E-state index contributed by atoms with van der Waals surface area (Å²) in [5.74, 6) is -9.18. The van der Waals surface area contributed by atoms with Gasteiger partial charge in [0.2, 0.25) is 0 Å². The van der Waals surface area contributed by atoms with Crippen LogP contribution in [0, 0.1) is 45.1 Å². The maximum absolute atomic E-state index is 15.4. The zero-order valence-electron chi connectivity index (χ0n) is 75.3. The molecule has 5 aliphatic heterocycles. The summed E-state index contributed by atoms with van der Waals surface area (Å²) in [6, 6.07) is 17.9. The Kier molecular flexibility index (Phi) is 26.2. The van der Waals surface area contributed by atoms with Crippen LogP contribution in [0.4, 0.5) is 18.4 Å². The van der Waals surface area contributed by atoms with Gasteiger partial charge >= 0.3 is 48.0 Å². The number of benzene rings is 2. The molecule has 0 unspecified atom stereocenters. The van der Waals surface area contributed by atoms with Crippen molar-refractivity contribution in [1.29, 1.82) is 0 Å². The lowest BCUT2D eigenvalue weighted by Crippen LogP contribution is -2.79. The van der Waals surface area contributed by atoms with E-state index in [4.69, 9.17) is 71.1 Å². The van der Waals surface area contributed by atoms with Crippen LogP contribution < -0.4 is 10.6 Å². The number of hydrogen-bond donors (Lipinski definition) is 6. The molecule has 2 aromatic carbocycles. The number of aliphatic hydroxyl groups is 4. The Morgan fingerprint density at radius 1 is 0.586 bits per heavy atom. The number of fused-ring (bicyclic) bond motifs is 16. The molecule has 15 rings (SSSR count). The Morgan fingerprint density at radius 2 is 1.00 bits per heavy atom. The van der Waals surface area contributed by atoms with Gasteiger partial charge in [-0.15, -0.1) is 0 Å². The van der Waals surface area contributed by atoms with E-state index in [0.29, 0.717) is 61.1 Å². The van der Waals surface area contributed by atoms with Crippen molar-refractivity contribution in [2.45, 2.75) is 293 Å². The van der Waals surface area contributed by atoms with E-state index in [0.717, 1.165) is 25.1 Å². The average molecular weight is 1790 g/mol. The number of nitrogens with zero attached hydrogens (tertiary/aromatic N) is 3. The maximum atomic E-state index is 15.4. The molecule has 0 spiro atoms. The quantitative estimate of drug-likeness (QED) is 0.0256. The van der Waals surface area contributed by atoms with Crippen LogP contribution in [-0.4, -0.2) is 249 Å². The van der Waals surface area contributed by atoms with Gasteiger partial charge in [-0.05, 0) is 164 Å². The first-order chi connectivity index (χ1) is 60.1. The molecule has 128 heavy (non-hydrogen) atoms. The van der Waals surface area contributed by atoms with Gasteiger partial charge in [0.05, 0.1) is 55.0 Å². The minimum absolute atomic E-state index is 0.0655. The first-order valence-electron chi connectivity index (χ1n) is 43.6. The van der Waals surface area contributed by atoms with Gasteiger partial charge in [0, 0.05) is 87.0 Å². The number of amides is 2. The molecule has 696 valence electrons. The highest BCUT2D eigenvalue weighted by atomic mass is 19.1. The van der Waals surface area contributed by atoms with Crippen LogP contribution in [0.2, 0.25) is 0 Å². The average Bonchev–Trinajstić information content (AvgIpc) is 1.14. The molecule has 4 bridgehead atoms. The Labute approximate surface area is 742 Å². The number of pyridine rings is 2. The number of hydrogen-bond acceptors (Lipinski definition) is 30. The normalized spacial score (nSPS) is 34.9. The monoisotopic (exact) mass is 1790 g/mol. The molecule has 6 N–H and O–H groups in total. The van der Waals surface area contributed by atoms with Crippen molar-refractivity contribution in [3.8, 4) is 0 Å². The van der Waals surface area contributed by atoms with E-state index in [-0.39, 0.29) is 30.4 Å². The number of halogens is 2. The van der Waals surface area contributed by atoms with E-state index >= 15 is 8.78 Å². The number of likely N-dealkylation sites (tertiary alicyclic amines) is 1. The SMILES string of the molecule is C=C[C@@H]1O[C@@H]2C3=C(C)[C@@H](OC(=O)[C@H](O)[C@@H](NC(=O)OC(C)(C)C)c4ncccc4F)C[C@@](O)([C@@H](OC(=O)c4ccccc4)[C@H]4[C@@](C)(CC[C@H]5OC[C@]54OC(C)=O)[C@@H]2O1)C3(C)C.COC[C@@H]1CCN1C[C@@H]1O[C@@H]2C3=C(C)[C@@H](OC(=O)[C@H](O)[C@@H](NC(=O)OC(C)(C)C)c4ncccc4F)C[C@@](O)([C@@H](OC(=O)c4ccccc4)[C@H]4[C@@](C)(CC[C@H]5OC[C@]54OC(C)=O)[C@@H]2O1)C3(C)C. The zero-order chi connectivity index (χ0) is 92.9. The molecule has 5 saturated heterocycles. The molecule has 2 aromatic heterocycles. The lowest BCUT2D eigenvalue weighted by atomic mass is 9.45. The molecule has 11 aliphatic rings. The number of carbonyl (C=O) groups is 8. The van der Waals surface area contributed by atoms with Gasteiger partial charge in [0.15, 0.2) is 36.0 Å². The molecule has 6 aliphatic carbocycles. The smallest absolute Gasteiger partial charge is 0.408 e. The molecule has 9 fully saturated rings. The molecule has 4 aromatic rings. The van der Waals surface area contributed by atoms with Crippen molar-refractivity contribution < 1.29 is 139 Å². The molecule has 7 heterocycles. The van der Waals surface area contributed by atoms with E-state index in [9.17, 15) is 58.8 Å². The van der Waals surface area contributed by atoms with Gasteiger partial charge in [-0.3, -0.25) is 24.5 Å². The van der Waals surface area contributed by atoms with Crippen LogP contribution >= 0.6 is 0 Å². The Hall–Kier alpha value is -9.30. The summed E-state index contributed by atoms with van der Waals surface area (Å²) in [6.45, 7) is 32.3. The lowest BCUT2D eigenvalue weighted by molar-refractivity contribution is -0.345. The number of aliphatic hydroxyl groups excluding tert-OH is 2. The van der Waals surface area contributed by atoms with Crippen LogP contribution in [0.5, 0.6) is 0 Å². The molecule has 4 saturated carbocycles. The molecular formula is C94H119F2N5O27. The molecule has 34 heteroatoms. The molecule has 32 nitrogen and oxygen atoms in total. The fourth-order valence-corrected chi connectivity index (χ4v) is 22.2. The van der Waals surface area contributed by atoms with Gasteiger partial charge in [-0.2, -0.15) is 0 Å². The Morgan fingerprint density at radius 3 is 1.36 bits per heavy atom. The Balaban J connectivity index is 0.000000208. The van der Waals surface area contributed by atoms with E-state index in [1.807, 2.05) is 27.7 Å². The standard InChI is InChI=1S/C49H64FN3O14.C45H55FN2O13/c1-26-31(62-43(57)37(55)36(35-30(50)16-13-20-51-35)52-44(58)67-45(3,4)5)22-49(59)41(65-42(56)28-14-11-10-12-15-28)39-47(8,19-17-32-48(39,25-61-32)66-27(2)54)40-38(34(26)46(49,6)7)63-33(64-40)23-53-21-18-29(53)24-60-9;1-10-29-57-34-30-23(2)27(56-39(52)33(50)32(31-26(46)17-14-20-47-31)48-40(53)61-41(4,5)6)21-45(54,42(30,7)8)37(59-38(51)25-15-12-11-13-16-25)35-43(9,36(34)58-29)19-18-28-44(35,22-55-28)60-24(3)49/h10-16,20,29,31-33,36-41,55,59H,17-19,21-25H2,1-9H3,(H,52,58);10-17,20,27-29,32-37,50,54H,1,18-19,21-22H2,2-9H3,(H,48,53)/t29-,31-,32+,33+,36-,37+,38+,39-,40+,41-,47+,48-,49+;27-,28+,29+,32-,33+,34+,35-,36+,37-,43+,44-,45+/m00/s1. The third-order valence-electron chi connectivity index (χ3n) is 28.4. The summed E-state index contributed by atoms with van der Waals surface area (Å²) >= 11 is 0. The third-order valence-corrected chi connectivity index (χ3v) is 28.4. The molecular weight excluding hydrogens is 1670 g/mol. The number of methoxy groups -OCH3 is 1. The van der Waals surface area contributed by atoms with Crippen LogP contribution in [0.15, 0.2) is 132 Å². The van der Waals surface area contributed by atoms with Gasteiger partial charge in [-0.25, -0.2) is 37.5 Å². The van der Waals surface area contributed by atoms with Crippen LogP contribution in [0.3, 0.4) is 0 Å². The van der Waals surface area contributed by atoms with Crippen LogP contribution in [0.25, 0.3) is 0 Å². The number of nitrogens with one attached hydrogen (secondary N) is 2. The summed E-state index contributed by atoms with van der Waals surface area (Å²) < 4.78 is 125. The minimum Gasteiger partial charge on any atom is -0.456 e. The van der Waals surface area contributed by atoms with E-state index in [1.54, 1.807) is 137 Å². The second kappa shape index (κ2) is 35.4. The number of esters is 6.